The van der Waals surface area contributed by atoms with Crippen LogP contribution in [-0.4, -0.2) is 4.57 Å². The van der Waals surface area contributed by atoms with Gasteiger partial charge in [-0.1, -0.05) is 121 Å². The first-order valence-electron chi connectivity index (χ1n) is 15.8. The molecule has 0 unspecified atom stereocenters. The van der Waals surface area contributed by atoms with Crippen molar-refractivity contribution in [1.29, 1.82) is 0 Å². The highest BCUT2D eigenvalue weighted by atomic mass is 15.1. The lowest BCUT2D eigenvalue weighted by atomic mass is 10.0. The van der Waals surface area contributed by atoms with Crippen LogP contribution in [0.2, 0.25) is 0 Å². The van der Waals surface area contributed by atoms with Crippen LogP contribution in [0.15, 0.2) is 182 Å². The van der Waals surface area contributed by atoms with Crippen molar-refractivity contribution < 1.29 is 0 Å². The molecular formula is C44H30N2. The largest absolute Gasteiger partial charge is 0.310 e. The average Bonchev–Trinajstić information content (AvgIpc) is 3.47. The second-order valence-electron chi connectivity index (χ2n) is 11.8. The van der Waals surface area contributed by atoms with E-state index in [9.17, 15) is 0 Å². The molecule has 1 heterocycles. The first-order valence-corrected chi connectivity index (χ1v) is 15.8. The summed E-state index contributed by atoms with van der Waals surface area (Å²) in [4.78, 5) is 2.32. The van der Waals surface area contributed by atoms with Crippen molar-refractivity contribution in [2.45, 2.75) is 0 Å². The summed E-state index contributed by atoms with van der Waals surface area (Å²) in [5, 5.41) is 7.62. The van der Waals surface area contributed by atoms with Crippen molar-refractivity contribution in [3.8, 4) is 16.8 Å². The van der Waals surface area contributed by atoms with Gasteiger partial charge in [0.15, 0.2) is 0 Å². The molecule has 0 spiro atoms. The normalized spacial score (nSPS) is 11.5. The number of hydrogen-bond donors (Lipinski definition) is 0. The molecule has 0 aliphatic heterocycles. The van der Waals surface area contributed by atoms with E-state index >= 15 is 0 Å². The highest BCUT2D eigenvalue weighted by molar-refractivity contribution is 6.21. The molecule has 1 aromatic heterocycles. The fourth-order valence-electron chi connectivity index (χ4n) is 6.96. The maximum atomic E-state index is 2.39. The summed E-state index contributed by atoms with van der Waals surface area (Å²) in [5.74, 6) is 0. The molecule has 9 aromatic rings. The Bertz CT molecular complexity index is 2510. The van der Waals surface area contributed by atoms with Crippen molar-refractivity contribution in [3.05, 3.63) is 182 Å². The minimum atomic E-state index is 1.12. The highest BCUT2D eigenvalue weighted by Gasteiger charge is 2.16. The number of fused-ring (bicyclic) bond motifs is 6. The van der Waals surface area contributed by atoms with Gasteiger partial charge in [-0.2, -0.15) is 0 Å². The average molecular weight is 587 g/mol. The number of benzene rings is 8. The SMILES string of the molecule is c1ccc(N(c2ccc(-c3ccc(-n4c5ccccc5c5c6ccccc6ccc54)cc3)cc2)c2ccc3ccccc3c2)cc1. The van der Waals surface area contributed by atoms with Crippen LogP contribution in [0.3, 0.4) is 0 Å². The first kappa shape index (κ1) is 26.3. The van der Waals surface area contributed by atoms with Gasteiger partial charge in [0.1, 0.15) is 0 Å². The van der Waals surface area contributed by atoms with Gasteiger partial charge in [0.05, 0.1) is 11.0 Å². The predicted octanol–water partition coefficient (Wildman–Crippen LogP) is 12.2. The van der Waals surface area contributed by atoms with Crippen LogP contribution in [0.4, 0.5) is 17.1 Å². The third-order valence-corrected chi connectivity index (χ3v) is 9.15. The smallest absolute Gasteiger partial charge is 0.0547 e. The molecule has 0 fully saturated rings. The predicted molar refractivity (Wildman–Crippen MR) is 196 cm³/mol. The van der Waals surface area contributed by atoms with Crippen LogP contribution < -0.4 is 4.90 Å². The zero-order valence-electron chi connectivity index (χ0n) is 25.2. The molecule has 0 aliphatic rings. The molecule has 2 nitrogen and oxygen atoms in total. The van der Waals surface area contributed by atoms with E-state index in [-0.39, 0.29) is 0 Å². The summed E-state index contributed by atoms with van der Waals surface area (Å²) in [6.07, 6.45) is 0. The van der Waals surface area contributed by atoms with E-state index in [4.69, 9.17) is 0 Å². The van der Waals surface area contributed by atoms with E-state index < -0.39 is 0 Å². The Morgan fingerprint density at radius 3 is 1.70 bits per heavy atom. The van der Waals surface area contributed by atoms with E-state index in [0.29, 0.717) is 0 Å². The molecule has 0 bridgehead atoms. The van der Waals surface area contributed by atoms with Crippen LogP contribution in [0.1, 0.15) is 0 Å². The van der Waals surface area contributed by atoms with Crippen molar-refractivity contribution in [1.82, 2.24) is 4.57 Å². The lowest BCUT2D eigenvalue weighted by Gasteiger charge is -2.26. The Morgan fingerprint density at radius 2 is 0.913 bits per heavy atom. The van der Waals surface area contributed by atoms with Gasteiger partial charge in [-0.15, -0.1) is 0 Å². The maximum Gasteiger partial charge on any atom is 0.0547 e. The van der Waals surface area contributed by atoms with Gasteiger partial charge >= 0.3 is 0 Å². The zero-order valence-corrected chi connectivity index (χ0v) is 25.2. The number of aromatic nitrogens is 1. The summed E-state index contributed by atoms with van der Waals surface area (Å²) in [7, 11) is 0. The van der Waals surface area contributed by atoms with E-state index in [1.54, 1.807) is 0 Å². The topological polar surface area (TPSA) is 8.17 Å². The van der Waals surface area contributed by atoms with Crippen LogP contribution in [0, 0.1) is 0 Å². The molecular weight excluding hydrogens is 556 g/mol. The fraction of sp³-hybridized carbons (Fsp3) is 0. The van der Waals surface area contributed by atoms with Crippen LogP contribution >= 0.6 is 0 Å². The summed E-state index contributed by atoms with van der Waals surface area (Å²) in [6, 6.07) is 65.6. The maximum absolute atomic E-state index is 2.39. The van der Waals surface area contributed by atoms with E-state index in [0.717, 1.165) is 22.7 Å². The summed E-state index contributed by atoms with van der Waals surface area (Å²) >= 11 is 0. The Labute approximate surface area is 268 Å². The second kappa shape index (κ2) is 10.8. The van der Waals surface area contributed by atoms with Crippen LogP contribution in [0.5, 0.6) is 0 Å². The third kappa shape index (κ3) is 4.35. The van der Waals surface area contributed by atoms with Crippen LogP contribution in [0.25, 0.3) is 60.2 Å². The van der Waals surface area contributed by atoms with Crippen LogP contribution in [-0.2, 0) is 0 Å². The van der Waals surface area contributed by atoms with E-state index in [1.165, 1.54) is 54.5 Å². The summed E-state index contributed by atoms with van der Waals surface area (Å²) < 4.78 is 2.39. The standard InChI is InChI=1S/C44H30N2/c1-2-13-36(14-3-1)45(39-28-22-31-10-4-5-12-35(31)30-39)37-24-18-32(19-25-37)33-20-26-38(27-21-33)46-42-17-9-8-16-41(42)44-40-15-7-6-11-34(40)23-29-43(44)46/h1-30H. The quantitative estimate of drug-likeness (QED) is 0.195. The van der Waals surface area contributed by atoms with E-state index in [2.05, 4.69) is 191 Å². The fourth-order valence-corrected chi connectivity index (χ4v) is 6.96. The Kier molecular flexibility index (Phi) is 6.17. The molecule has 0 atom stereocenters. The van der Waals surface area contributed by atoms with Gasteiger partial charge in [-0.3, -0.25) is 0 Å². The monoisotopic (exact) mass is 586 g/mol. The van der Waals surface area contributed by atoms with Gasteiger partial charge in [0, 0.05) is 33.5 Å². The molecule has 0 N–H and O–H groups in total. The third-order valence-electron chi connectivity index (χ3n) is 9.15. The Morgan fingerprint density at radius 1 is 0.348 bits per heavy atom. The van der Waals surface area contributed by atoms with Crippen molar-refractivity contribution in [2.24, 2.45) is 0 Å². The molecule has 0 radical (unpaired) electrons. The number of nitrogens with zero attached hydrogens (tertiary/aromatic N) is 2. The molecule has 9 rings (SSSR count). The van der Waals surface area contributed by atoms with Crippen molar-refractivity contribution >= 4 is 60.4 Å². The Balaban J connectivity index is 1.09. The summed E-state index contributed by atoms with van der Waals surface area (Å²) in [6.45, 7) is 0. The van der Waals surface area contributed by atoms with Gasteiger partial charge < -0.3 is 9.47 Å². The zero-order chi connectivity index (χ0) is 30.5. The van der Waals surface area contributed by atoms with Crippen molar-refractivity contribution in [2.75, 3.05) is 4.90 Å². The molecule has 46 heavy (non-hydrogen) atoms. The molecule has 0 amide bonds. The van der Waals surface area contributed by atoms with Crippen molar-refractivity contribution in [3.63, 3.8) is 0 Å². The van der Waals surface area contributed by atoms with E-state index in [1.807, 2.05) is 0 Å². The van der Waals surface area contributed by atoms with Gasteiger partial charge in [-0.05, 0) is 93.3 Å². The van der Waals surface area contributed by atoms with Gasteiger partial charge in [-0.25, -0.2) is 0 Å². The lowest BCUT2D eigenvalue weighted by molar-refractivity contribution is 1.18. The van der Waals surface area contributed by atoms with Gasteiger partial charge in [0.25, 0.3) is 0 Å². The molecule has 0 saturated carbocycles. The number of para-hydroxylation sites is 2. The molecule has 2 heteroatoms. The van der Waals surface area contributed by atoms with Gasteiger partial charge in [0.2, 0.25) is 0 Å². The highest BCUT2D eigenvalue weighted by Crippen LogP contribution is 2.39. The first-order chi connectivity index (χ1) is 22.8. The second-order valence-corrected chi connectivity index (χ2v) is 11.8. The number of hydrogen-bond acceptors (Lipinski definition) is 1. The number of anilines is 3. The Hall–Kier alpha value is -6.12. The molecule has 0 aliphatic carbocycles. The lowest BCUT2D eigenvalue weighted by Crippen LogP contribution is -2.09. The number of rotatable bonds is 5. The molecule has 216 valence electrons. The molecule has 8 aromatic carbocycles. The minimum absolute atomic E-state index is 1.12. The summed E-state index contributed by atoms with van der Waals surface area (Å²) in [5.41, 5.74) is 9.39. The minimum Gasteiger partial charge on any atom is -0.310 e. The molecule has 0 saturated heterocycles.